The van der Waals surface area contributed by atoms with E-state index in [4.69, 9.17) is 21.2 Å². The molecule has 1 amide bonds. The summed E-state index contributed by atoms with van der Waals surface area (Å²) in [4.78, 5) is 30.2. The second kappa shape index (κ2) is 10.6. The summed E-state index contributed by atoms with van der Waals surface area (Å²) < 4.78 is 29.5. The zero-order valence-electron chi connectivity index (χ0n) is 18.3. The highest BCUT2D eigenvalue weighted by molar-refractivity contribution is 7.99. The Morgan fingerprint density at radius 2 is 1.94 bits per heavy atom. The molecular formula is C23H21ClN4O5S2. The van der Waals surface area contributed by atoms with E-state index in [1.54, 1.807) is 42.5 Å². The van der Waals surface area contributed by atoms with Crippen LogP contribution in [0.3, 0.4) is 0 Å². The quantitative estimate of drug-likeness (QED) is 0.250. The number of carbonyl (C=O) groups is 1. The molecular weight excluding hydrogens is 512 g/mol. The third kappa shape index (κ3) is 6.31. The van der Waals surface area contributed by atoms with Gasteiger partial charge in [-0.2, -0.15) is 0 Å². The van der Waals surface area contributed by atoms with Crippen molar-refractivity contribution in [3.05, 3.63) is 87.6 Å². The molecule has 9 nitrogen and oxygen atoms in total. The molecule has 0 fully saturated rings. The maximum atomic E-state index is 13.1. The number of hydrogen-bond donors (Lipinski definition) is 2. The predicted molar refractivity (Wildman–Crippen MR) is 134 cm³/mol. The summed E-state index contributed by atoms with van der Waals surface area (Å²) in [5, 5.41) is 9.16. The first-order valence-electron chi connectivity index (χ1n) is 10.4. The number of aromatic nitrogens is 2. The Morgan fingerprint density at radius 1 is 1.17 bits per heavy atom. The number of halogens is 1. The van der Waals surface area contributed by atoms with Gasteiger partial charge in [-0.05, 0) is 54.4 Å². The normalized spacial score (nSPS) is 11.6. The van der Waals surface area contributed by atoms with Crippen LogP contribution in [0.5, 0.6) is 0 Å². The zero-order valence-corrected chi connectivity index (χ0v) is 20.7. The van der Waals surface area contributed by atoms with Crippen molar-refractivity contribution in [1.82, 2.24) is 14.9 Å². The first kappa shape index (κ1) is 25.0. The number of thioether (sulfide) groups is 1. The van der Waals surface area contributed by atoms with Gasteiger partial charge in [0.1, 0.15) is 5.76 Å². The summed E-state index contributed by atoms with van der Waals surface area (Å²) in [5.41, 5.74) is 1.05. The number of benzene rings is 2. The average molecular weight is 533 g/mol. The van der Waals surface area contributed by atoms with Crippen LogP contribution in [0, 0.1) is 0 Å². The van der Waals surface area contributed by atoms with Crippen LogP contribution in [-0.4, -0.2) is 36.2 Å². The van der Waals surface area contributed by atoms with Crippen LogP contribution in [0.25, 0.3) is 10.9 Å². The second-order valence-corrected chi connectivity index (χ2v) is 10.5. The molecule has 0 aliphatic heterocycles. The molecule has 0 atom stereocenters. The van der Waals surface area contributed by atoms with Gasteiger partial charge in [-0.1, -0.05) is 35.5 Å². The van der Waals surface area contributed by atoms with Gasteiger partial charge in [0.05, 0.1) is 34.4 Å². The molecule has 0 radical (unpaired) electrons. The molecule has 2 aromatic heterocycles. The van der Waals surface area contributed by atoms with Crippen molar-refractivity contribution in [3.63, 3.8) is 0 Å². The van der Waals surface area contributed by atoms with Gasteiger partial charge in [0.2, 0.25) is 15.9 Å². The highest BCUT2D eigenvalue weighted by Gasteiger charge is 2.15. The third-order valence-electron chi connectivity index (χ3n) is 5.10. The minimum atomic E-state index is -3.74. The van der Waals surface area contributed by atoms with Crippen molar-refractivity contribution >= 4 is 50.2 Å². The molecule has 4 aromatic rings. The molecule has 2 aromatic carbocycles. The van der Waals surface area contributed by atoms with Crippen molar-refractivity contribution < 1.29 is 17.6 Å². The number of furan rings is 1. The SMILES string of the molecule is NS(=O)(=O)c1ccc(CCNC(=O)CSc2nc3cc(Cl)ccc3c(=O)n2Cc2ccco2)cc1. The fraction of sp³-hybridized carbons (Fsp3) is 0.174. The number of sulfonamides is 1. The Bertz CT molecular complexity index is 1520. The van der Waals surface area contributed by atoms with Crippen molar-refractivity contribution in [3.8, 4) is 0 Å². The maximum Gasteiger partial charge on any atom is 0.262 e. The highest BCUT2D eigenvalue weighted by atomic mass is 35.5. The predicted octanol–water partition coefficient (Wildman–Crippen LogP) is 2.79. The lowest BCUT2D eigenvalue weighted by atomic mass is 10.1. The topological polar surface area (TPSA) is 137 Å². The molecule has 3 N–H and O–H groups in total. The number of amides is 1. The van der Waals surface area contributed by atoms with Crippen LogP contribution in [-0.2, 0) is 27.8 Å². The molecule has 0 saturated carbocycles. The van der Waals surface area contributed by atoms with Crippen LogP contribution in [0.4, 0.5) is 0 Å². The van der Waals surface area contributed by atoms with Crippen LogP contribution >= 0.6 is 23.4 Å². The molecule has 0 saturated heterocycles. The molecule has 182 valence electrons. The monoisotopic (exact) mass is 532 g/mol. The molecule has 35 heavy (non-hydrogen) atoms. The van der Waals surface area contributed by atoms with Crippen molar-refractivity contribution in [2.45, 2.75) is 23.0 Å². The first-order chi connectivity index (χ1) is 16.7. The van der Waals surface area contributed by atoms with Crippen LogP contribution < -0.4 is 16.0 Å². The summed E-state index contributed by atoms with van der Waals surface area (Å²) in [6, 6.07) is 14.5. The molecule has 0 bridgehead atoms. The van der Waals surface area contributed by atoms with Crippen molar-refractivity contribution in [1.29, 1.82) is 0 Å². The number of nitrogens with one attached hydrogen (secondary N) is 1. The van der Waals surface area contributed by atoms with Gasteiger partial charge in [0.15, 0.2) is 5.16 Å². The van der Waals surface area contributed by atoms with Gasteiger partial charge in [-0.25, -0.2) is 18.5 Å². The number of primary sulfonamides is 1. The lowest BCUT2D eigenvalue weighted by molar-refractivity contribution is -0.118. The fourth-order valence-corrected chi connectivity index (χ4v) is 4.87. The van der Waals surface area contributed by atoms with E-state index >= 15 is 0 Å². The van der Waals surface area contributed by atoms with Gasteiger partial charge < -0.3 is 9.73 Å². The van der Waals surface area contributed by atoms with Gasteiger partial charge in [-0.3, -0.25) is 14.2 Å². The van der Waals surface area contributed by atoms with Gasteiger partial charge >= 0.3 is 0 Å². The standard InChI is InChI=1S/C23H21ClN4O5S2/c24-16-5-8-19-20(12-16)27-23(28(22(19)30)13-17-2-1-11-33-17)34-14-21(29)26-10-9-15-3-6-18(7-4-15)35(25,31)32/h1-8,11-12H,9-10,13-14H2,(H,26,29)(H2,25,31,32). The number of rotatable bonds is 9. The van der Waals surface area contributed by atoms with E-state index in [0.29, 0.717) is 39.8 Å². The van der Waals surface area contributed by atoms with Crippen LogP contribution in [0.15, 0.2) is 80.1 Å². The van der Waals surface area contributed by atoms with E-state index < -0.39 is 10.0 Å². The number of fused-ring (bicyclic) bond motifs is 1. The van der Waals surface area contributed by atoms with E-state index in [9.17, 15) is 18.0 Å². The average Bonchev–Trinajstić information content (AvgIpc) is 3.33. The zero-order chi connectivity index (χ0) is 25.0. The van der Waals surface area contributed by atoms with Crippen LogP contribution in [0.1, 0.15) is 11.3 Å². The lowest BCUT2D eigenvalue weighted by Crippen LogP contribution is -2.28. The number of nitrogens with two attached hydrogens (primary N) is 1. The molecule has 4 rings (SSSR count). The van der Waals surface area contributed by atoms with Crippen molar-refractivity contribution in [2.24, 2.45) is 5.14 Å². The summed E-state index contributed by atoms with van der Waals surface area (Å²) in [7, 11) is -3.74. The summed E-state index contributed by atoms with van der Waals surface area (Å²) in [6.07, 6.45) is 2.04. The molecule has 2 heterocycles. The van der Waals surface area contributed by atoms with E-state index in [1.165, 1.54) is 23.0 Å². The Balaban J connectivity index is 1.43. The van der Waals surface area contributed by atoms with Gasteiger partial charge in [0.25, 0.3) is 5.56 Å². The van der Waals surface area contributed by atoms with Gasteiger partial charge in [-0.15, -0.1) is 0 Å². The molecule has 0 aliphatic rings. The van der Waals surface area contributed by atoms with E-state index in [1.807, 2.05) is 0 Å². The number of hydrogen-bond acceptors (Lipinski definition) is 7. The molecule has 0 spiro atoms. The smallest absolute Gasteiger partial charge is 0.262 e. The lowest BCUT2D eigenvalue weighted by Gasteiger charge is -2.12. The Kier molecular flexibility index (Phi) is 7.60. The molecule has 0 unspecified atom stereocenters. The Labute approximate surface area is 210 Å². The van der Waals surface area contributed by atoms with Crippen molar-refractivity contribution in [2.75, 3.05) is 12.3 Å². The highest BCUT2D eigenvalue weighted by Crippen LogP contribution is 2.21. The third-order valence-corrected chi connectivity index (χ3v) is 7.24. The van der Waals surface area contributed by atoms with E-state index in [-0.39, 0.29) is 28.7 Å². The van der Waals surface area contributed by atoms with E-state index in [2.05, 4.69) is 10.3 Å². The Morgan fingerprint density at radius 3 is 2.63 bits per heavy atom. The Hall–Kier alpha value is -3.12. The second-order valence-electron chi connectivity index (χ2n) is 7.60. The number of nitrogens with zero attached hydrogens (tertiary/aromatic N) is 2. The minimum absolute atomic E-state index is 0.0338. The molecule has 12 heteroatoms. The van der Waals surface area contributed by atoms with Gasteiger partial charge in [0, 0.05) is 11.6 Å². The largest absolute Gasteiger partial charge is 0.467 e. The van der Waals surface area contributed by atoms with Crippen LogP contribution in [0.2, 0.25) is 5.02 Å². The first-order valence-corrected chi connectivity index (χ1v) is 13.4. The fourth-order valence-electron chi connectivity index (χ4n) is 3.35. The van der Waals surface area contributed by atoms with E-state index in [0.717, 1.165) is 17.3 Å². The molecule has 0 aliphatic carbocycles. The summed E-state index contributed by atoms with van der Waals surface area (Å²) >= 11 is 7.21. The summed E-state index contributed by atoms with van der Waals surface area (Å²) in [5.74, 6) is 0.393. The minimum Gasteiger partial charge on any atom is -0.467 e. The summed E-state index contributed by atoms with van der Waals surface area (Å²) in [6.45, 7) is 0.532. The number of carbonyl (C=O) groups excluding carboxylic acids is 1. The maximum absolute atomic E-state index is 13.1.